The van der Waals surface area contributed by atoms with E-state index in [9.17, 15) is 9.18 Å². The number of nitrogens with two attached hydrogens (primary N) is 1. The van der Waals surface area contributed by atoms with Gasteiger partial charge in [-0.3, -0.25) is 9.69 Å². The molecule has 4 rings (SSSR count). The van der Waals surface area contributed by atoms with Crippen molar-refractivity contribution in [3.63, 3.8) is 0 Å². The van der Waals surface area contributed by atoms with Crippen molar-refractivity contribution < 1.29 is 13.8 Å². The highest BCUT2D eigenvalue weighted by Gasteiger charge is 2.26. The summed E-state index contributed by atoms with van der Waals surface area (Å²) in [4.78, 5) is 24.9. The van der Waals surface area contributed by atoms with Crippen molar-refractivity contribution in [2.75, 3.05) is 10.6 Å². The van der Waals surface area contributed by atoms with E-state index in [4.69, 9.17) is 5.73 Å². The van der Waals surface area contributed by atoms with Crippen LogP contribution in [0, 0.1) is 5.82 Å². The second kappa shape index (κ2) is 6.35. The third-order valence-corrected chi connectivity index (χ3v) is 4.71. The molecule has 3 heterocycles. The Balaban J connectivity index is 1.82. The average Bonchev–Trinajstić information content (AvgIpc) is 3.21. The summed E-state index contributed by atoms with van der Waals surface area (Å²) in [6.45, 7) is 2.82. The number of anilines is 2. The Morgan fingerprint density at radius 1 is 1.37 bits per heavy atom. The van der Waals surface area contributed by atoms with E-state index in [0.29, 0.717) is 24.1 Å². The molecule has 1 aromatic carbocycles. The first-order valence-electron chi connectivity index (χ1n) is 8.52. The van der Waals surface area contributed by atoms with Gasteiger partial charge < -0.3 is 10.7 Å². The molecule has 0 aliphatic rings. The van der Waals surface area contributed by atoms with Gasteiger partial charge in [0, 0.05) is 12.3 Å². The first kappa shape index (κ1) is 17.0. The Hall–Kier alpha value is -3.49. The maximum absolute atomic E-state index is 13.7. The second-order valence-corrected chi connectivity index (χ2v) is 6.23. The maximum Gasteiger partial charge on any atom is 0.277 e. The summed E-state index contributed by atoms with van der Waals surface area (Å²) in [5.41, 5.74) is 8.84. The first-order chi connectivity index (χ1) is 13.0. The van der Waals surface area contributed by atoms with Crippen LogP contribution in [0.2, 0.25) is 0 Å². The van der Waals surface area contributed by atoms with Crippen LogP contribution in [-0.2, 0) is 24.9 Å². The molecule has 3 N–H and O–H groups in total. The van der Waals surface area contributed by atoms with Gasteiger partial charge in [0.1, 0.15) is 17.9 Å². The van der Waals surface area contributed by atoms with Crippen LogP contribution in [0.5, 0.6) is 0 Å². The van der Waals surface area contributed by atoms with Crippen molar-refractivity contribution in [1.29, 1.82) is 0 Å². The van der Waals surface area contributed by atoms with Crippen LogP contribution in [0.25, 0.3) is 22.2 Å². The highest BCUT2D eigenvalue weighted by atomic mass is 19.1. The molecule has 0 fully saturated rings. The van der Waals surface area contributed by atoms with E-state index < -0.39 is 0 Å². The van der Waals surface area contributed by atoms with Crippen LogP contribution in [0.3, 0.4) is 0 Å². The number of benzene rings is 1. The van der Waals surface area contributed by atoms with Gasteiger partial charge in [0.25, 0.3) is 5.82 Å². The van der Waals surface area contributed by atoms with E-state index >= 15 is 0 Å². The van der Waals surface area contributed by atoms with Gasteiger partial charge in [0.05, 0.1) is 13.6 Å². The van der Waals surface area contributed by atoms with Gasteiger partial charge in [-0.25, -0.2) is 23.5 Å². The lowest BCUT2D eigenvalue weighted by Gasteiger charge is -2.16. The van der Waals surface area contributed by atoms with E-state index in [1.165, 1.54) is 17.0 Å². The molecule has 0 spiro atoms. The van der Waals surface area contributed by atoms with Gasteiger partial charge in [-0.2, -0.15) is 0 Å². The van der Waals surface area contributed by atoms with Crippen molar-refractivity contribution in [1.82, 2.24) is 19.5 Å². The Morgan fingerprint density at radius 2 is 2.19 bits per heavy atom. The molecule has 0 saturated heterocycles. The number of fused-ring (bicyclic) bond motifs is 2. The monoisotopic (exact) mass is 368 g/mol. The van der Waals surface area contributed by atoms with Crippen molar-refractivity contribution >= 4 is 40.2 Å². The molecule has 9 heteroatoms. The second-order valence-electron chi connectivity index (χ2n) is 6.23. The lowest BCUT2D eigenvalue weighted by atomic mass is 10.3. The molecule has 0 unspecified atom stereocenters. The van der Waals surface area contributed by atoms with Crippen LogP contribution in [0.4, 0.5) is 16.0 Å². The fraction of sp³-hybridized carbons (Fsp3) is 0.222. The van der Waals surface area contributed by atoms with Crippen molar-refractivity contribution in [3.8, 4) is 0 Å². The van der Waals surface area contributed by atoms with Gasteiger partial charge in [0.2, 0.25) is 6.41 Å². The molecule has 4 aromatic rings. The molecule has 27 heavy (non-hydrogen) atoms. The molecule has 3 aromatic heterocycles. The van der Waals surface area contributed by atoms with Gasteiger partial charge in [-0.1, -0.05) is 0 Å². The van der Waals surface area contributed by atoms with Gasteiger partial charge >= 0.3 is 0 Å². The van der Waals surface area contributed by atoms with E-state index in [-0.39, 0.29) is 24.0 Å². The number of hydrogen-bond donors (Lipinski definition) is 2. The Morgan fingerprint density at radius 3 is 2.93 bits per heavy atom. The van der Waals surface area contributed by atoms with Gasteiger partial charge in [0.15, 0.2) is 28.3 Å². The molecule has 8 nitrogen and oxygen atoms in total. The van der Waals surface area contributed by atoms with E-state index in [0.717, 1.165) is 16.9 Å². The lowest BCUT2D eigenvalue weighted by molar-refractivity contribution is -0.653. The predicted molar refractivity (Wildman–Crippen MR) is 99.3 cm³/mol. The smallest absolute Gasteiger partial charge is 0.277 e. The highest BCUT2D eigenvalue weighted by molar-refractivity contribution is 5.84. The summed E-state index contributed by atoms with van der Waals surface area (Å²) >= 11 is 0. The fourth-order valence-electron chi connectivity index (χ4n) is 3.40. The highest BCUT2D eigenvalue weighted by Crippen LogP contribution is 2.23. The third kappa shape index (κ3) is 2.67. The van der Waals surface area contributed by atoms with Crippen molar-refractivity contribution in [3.05, 3.63) is 42.1 Å². The Labute approximate surface area is 154 Å². The number of rotatable bonds is 5. The number of imidazole rings is 1. The third-order valence-electron chi connectivity index (χ3n) is 4.71. The number of amides is 1. The van der Waals surface area contributed by atoms with E-state index in [1.807, 2.05) is 23.1 Å². The molecule has 0 atom stereocenters. The molecular formula is C18H19FN7O+. The minimum absolute atomic E-state index is 0.157. The molecule has 1 amide bonds. The average molecular weight is 368 g/mol. The summed E-state index contributed by atoms with van der Waals surface area (Å²) in [5, 5.41) is 0. The number of halogens is 1. The summed E-state index contributed by atoms with van der Waals surface area (Å²) < 4.78 is 17.6. The molecule has 0 saturated carbocycles. The minimum Gasteiger partial charge on any atom is -0.381 e. The topological polar surface area (TPSA) is 96.7 Å². The molecule has 0 aliphatic heterocycles. The summed E-state index contributed by atoms with van der Waals surface area (Å²) in [6, 6.07) is 6.41. The van der Waals surface area contributed by atoms with Crippen molar-refractivity contribution in [2.24, 2.45) is 7.05 Å². The Kier molecular flexibility index (Phi) is 3.98. The van der Waals surface area contributed by atoms with Gasteiger partial charge in [-0.15, -0.1) is 0 Å². The van der Waals surface area contributed by atoms with Crippen molar-refractivity contribution in [2.45, 2.75) is 20.0 Å². The first-order valence-corrected chi connectivity index (χ1v) is 8.52. The summed E-state index contributed by atoms with van der Waals surface area (Å²) in [6.07, 6.45) is 2.39. The zero-order valence-electron chi connectivity index (χ0n) is 15.0. The number of H-pyrrole nitrogens is 1. The largest absolute Gasteiger partial charge is 0.381 e. The van der Waals surface area contributed by atoms with Crippen LogP contribution in [-0.4, -0.2) is 25.9 Å². The summed E-state index contributed by atoms with van der Waals surface area (Å²) in [5.74, 6) is 0.962. The van der Waals surface area contributed by atoms with Crippen LogP contribution >= 0.6 is 0 Å². The van der Waals surface area contributed by atoms with Crippen LogP contribution in [0.1, 0.15) is 12.7 Å². The molecular weight excluding hydrogens is 349 g/mol. The molecule has 0 aliphatic carbocycles. The number of nitrogens with one attached hydrogen (secondary N) is 1. The quantitative estimate of drug-likeness (QED) is 0.413. The molecule has 138 valence electrons. The number of aromatic amines is 1. The standard InChI is InChI=1S/C18H19FN7O/c1-3-26-14-8-11(19)4-5-13(14)24(2)15(26)9-25(10-27)18-16(20)23-17-12(22-18)6-7-21-17/h4-8,10H,3,9H2,1-2H3,(H3,20,21,23)/q+1. The maximum atomic E-state index is 13.7. The fourth-order valence-corrected chi connectivity index (χ4v) is 3.40. The minimum atomic E-state index is -0.304. The number of aryl methyl sites for hydroxylation is 2. The molecule has 0 bridgehead atoms. The number of aromatic nitrogens is 5. The lowest BCUT2D eigenvalue weighted by Crippen LogP contribution is -2.38. The Bertz CT molecular complexity index is 1160. The van der Waals surface area contributed by atoms with Crippen LogP contribution in [0.15, 0.2) is 30.5 Å². The summed E-state index contributed by atoms with van der Waals surface area (Å²) in [7, 11) is 1.88. The number of hydrogen-bond acceptors (Lipinski definition) is 4. The zero-order valence-corrected chi connectivity index (χ0v) is 15.0. The SMILES string of the molecule is CCn1c(CN(C=O)c2nc3cc[nH]c3nc2N)[n+](C)c2ccc(F)cc21. The number of carbonyl (C=O) groups excluding carboxylic acids is 1. The van der Waals surface area contributed by atoms with E-state index in [2.05, 4.69) is 15.0 Å². The number of carbonyl (C=O) groups is 1. The zero-order chi connectivity index (χ0) is 19.1. The number of nitrogens with zero attached hydrogens (tertiary/aromatic N) is 5. The number of nitrogen functional groups attached to an aromatic ring is 1. The normalized spacial score (nSPS) is 11.4. The predicted octanol–water partition coefficient (Wildman–Crippen LogP) is 1.64. The van der Waals surface area contributed by atoms with Crippen LogP contribution < -0.4 is 15.2 Å². The van der Waals surface area contributed by atoms with E-state index in [1.54, 1.807) is 18.3 Å². The molecule has 0 radical (unpaired) electrons. The van der Waals surface area contributed by atoms with Gasteiger partial charge in [-0.05, 0) is 25.1 Å².